The first-order chi connectivity index (χ1) is 14.6. The van der Waals surface area contributed by atoms with Gasteiger partial charge >= 0.3 is 0 Å². The van der Waals surface area contributed by atoms with Gasteiger partial charge < -0.3 is 15.4 Å². The van der Waals surface area contributed by atoms with E-state index in [1.54, 1.807) is 7.05 Å². The molecule has 158 valence electrons. The fraction of sp³-hybridized carbons (Fsp3) is 0.333. The van der Waals surface area contributed by atoms with Crippen molar-refractivity contribution in [3.05, 3.63) is 83.2 Å². The van der Waals surface area contributed by atoms with Gasteiger partial charge in [-0.25, -0.2) is 0 Å². The van der Waals surface area contributed by atoms with Gasteiger partial charge in [-0.1, -0.05) is 42.5 Å². The first-order valence-corrected chi connectivity index (χ1v) is 10.4. The van der Waals surface area contributed by atoms with E-state index >= 15 is 0 Å². The van der Waals surface area contributed by atoms with Crippen LogP contribution in [0.1, 0.15) is 28.9 Å². The zero-order chi connectivity index (χ0) is 21.2. The Hall–Kier alpha value is -3.28. The average molecular weight is 406 g/mol. The molecule has 0 saturated carbocycles. The van der Waals surface area contributed by atoms with Gasteiger partial charge in [0.1, 0.15) is 12.4 Å². The van der Waals surface area contributed by atoms with Crippen molar-refractivity contribution in [2.24, 2.45) is 4.99 Å². The number of ether oxygens (including phenoxy) is 1. The van der Waals surface area contributed by atoms with Crippen LogP contribution in [0, 0.1) is 13.8 Å². The number of nitrogens with one attached hydrogen (secondary N) is 2. The Morgan fingerprint density at radius 3 is 2.53 bits per heavy atom. The molecule has 0 aliphatic rings. The third-order valence-electron chi connectivity index (χ3n) is 4.77. The molecule has 0 amide bonds. The van der Waals surface area contributed by atoms with Crippen molar-refractivity contribution in [3.63, 3.8) is 0 Å². The van der Waals surface area contributed by atoms with Gasteiger partial charge in [-0.05, 0) is 49.6 Å². The number of aromatic nitrogens is 2. The molecule has 30 heavy (non-hydrogen) atoms. The summed E-state index contributed by atoms with van der Waals surface area (Å²) in [5.74, 6) is 1.68. The molecule has 1 heterocycles. The summed E-state index contributed by atoms with van der Waals surface area (Å²) in [7, 11) is 1.79. The Balaban J connectivity index is 1.41. The Labute approximate surface area is 179 Å². The highest BCUT2D eigenvalue weighted by Crippen LogP contribution is 2.12. The third-order valence-corrected chi connectivity index (χ3v) is 4.77. The lowest BCUT2D eigenvalue weighted by atomic mass is 10.1. The fourth-order valence-electron chi connectivity index (χ4n) is 3.26. The minimum absolute atomic E-state index is 0.553. The Bertz CT molecular complexity index is 949. The summed E-state index contributed by atoms with van der Waals surface area (Å²) in [6.45, 7) is 7.10. The Kier molecular flexibility index (Phi) is 7.89. The van der Waals surface area contributed by atoms with Crippen LogP contribution in [0.4, 0.5) is 0 Å². The van der Waals surface area contributed by atoms with E-state index in [9.17, 15) is 0 Å². The summed E-state index contributed by atoms with van der Waals surface area (Å²) < 4.78 is 7.89. The van der Waals surface area contributed by atoms with Gasteiger partial charge in [0.05, 0.1) is 5.69 Å². The van der Waals surface area contributed by atoms with E-state index in [0.29, 0.717) is 13.2 Å². The van der Waals surface area contributed by atoms with Crippen LogP contribution in [0.3, 0.4) is 0 Å². The minimum Gasteiger partial charge on any atom is -0.489 e. The molecule has 0 fully saturated rings. The van der Waals surface area contributed by atoms with Crippen LogP contribution in [0.15, 0.2) is 65.7 Å². The molecular weight excluding hydrogens is 374 g/mol. The van der Waals surface area contributed by atoms with Crippen molar-refractivity contribution < 1.29 is 4.74 Å². The molecular formula is C24H31N5O. The molecule has 3 aromatic rings. The summed E-state index contributed by atoms with van der Waals surface area (Å²) >= 11 is 0. The zero-order valence-corrected chi connectivity index (χ0v) is 18.1. The van der Waals surface area contributed by atoms with Crippen LogP contribution in [0.25, 0.3) is 0 Å². The molecule has 6 heteroatoms. The summed E-state index contributed by atoms with van der Waals surface area (Å²) in [4.78, 5) is 4.32. The first kappa shape index (κ1) is 21.4. The lowest BCUT2D eigenvalue weighted by Gasteiger charge is -2.13. The van der Waals surface area contributed by atoms with E-state index in [-0.39, 0.29) is 0 Å². The molecule has 0 aliphatic heterocycles. The van der Waals surface area contributed by atoms with E-state index in [0.717, 1.165) is 42.5 Å². The number of hydrogen-bond donors (Lipinski definition) is 2. The number of aliphatic imine (C=N–C) groups is 1. The summed E-state index contributed by atoms with van der Waals surface area (Å²) in [5, 5.41) is 11.2. The van der Waals surface area contributed by atoms with Crippen molar-refractivity contribution >= 4 is 5.96 Å². The summed E-state index contributed by atoms with van der Waals surface area (Å²) in [5.41, 5.74) is 4.60. The van der Waals surface area contributed by atoms with E-state index in [1.807, 2.05) is 37.3 Å². The van der Waals surface area contributed by atoms with Crippen LogP contribution in [-0.2, 0) is 19.7 Å². The van der Waals surface area contributed by atoms with E-state index in [1.165, 1.54) is 11.3 Å². The number of guanidine groups is 1. The van der Waals surface area contributed by atoms with E-state index in [4.69, 9.17) is 4.74 Å². The van der Waals surface area contributed by atoms with Crippen molar-refractivity contribution in [2.75, 3.05) is 13.6 Å². The van der Waals surface area contributed by atoms with Crippen molar-refractivity contribution in [2.45, 2.75) is 40.0 Å². The number of para-hydroxylation sites is 1. The monoisotopic (exact) mass is 405 g/mol. The van der Waals surface area contributed by atoms with Gasteiger partial charge in [0.15, 0.2) is 5.96 Å². The third kappa shape index (κ3) is 6.65. The predicted molar refractivity (Wildman–Crippen MR) is 122 cm³/mol. The Morgan fingerprint density at radius 2 is 1.80 bits per heavy atom. The standard InChI is InChI=1S/C24H31N5O/c1-19-15-20(2)29(28-19)14-8-13-26-24(25-3)27-17-21-9-7-10-22(16-21)18-30-23-11-5-4-6-12-23/h4-7,9-12,15-16H,8,13-14,17-18H2,1-3H3,(H2,25,26,27). The highest BCUT2D eigenvalue weighted by atomic mass is 16.5. The second-order valence-electron chi connectivity index (χ2n) is 7.28. The zero-order valence-electron chi connectivity index (χ0n) is 18.1. The van der Waals surface area contributed by atoms with Crippen LogP contribution in [-0.4, -0.2) is 29.3 Å². The summed E-state index contributed by atoms with van der Waals surface area (Å²) in [6.07, 6.45) is 0.981. The van der Waals surface area contributed by atoms with Crippen molar-refractivity contribution in [1.82, 2.24) is 20.4 Å². The Morgan fingerprint density at radius 1 is 1.00 bits per heavy atom. The van der Waals surface area contributed by atoms with Gasteiger partial charge in [0.2, 0.25) is 0 Å². The molecule has 2 N–H and O–H groups in total. The fourth-order valence-corrected chi connectivity index (χ4v) is 3.26. The number of nitrogens with zero attached hydrogens (tertiary/aromatic N) is 3. The predicted octanol–water partition coefficient (Wildman–Crippen LogP) is 3.83. The number of rotatable bonds is 9. The van der Waals surface area contributed by atoms with Crippen LogP contribution < -0.4 is 15.4 Å². The van der Waals surface area contributed by atoms with Gasteiger partial charge in [0.25, 0.3) is 0 Å². The molecule has 0 bridgehead atoms. The normalized spacial score (nSPS) is 11.4. The smallest absolute Gasteiger partial charge is 0.191 e. The van der Waals surface area contributed by atoms with E-state index in [2.05, 4.69) is 62.7 Å². The molecule has 1 aromatic heterocycles. The highest BCUT2D eigenvalue weighted by molar-refractivity contribution is 5.79. The van der Waals surface area contributed by atoms with Gasteiger partial charge in [-0.15, -0.1) is 0 Å². The lowest BCUT2D eigenvalue weighted by Crippen LogP contribution is -2.37. The topological polar surface area (TPSA) is 63.5 Å². The largest absolute Gasteiger partial charge is 0.489 e. The molecule has 0 radical (unpaired) electrons. The quantitative estimate of drug-likeness (QED) is 0.323. The molecule has 0 atom stereocenters. The van der Waals surface area contributed by atoms with Crippen LogP contribution in [0.2, 0.25) is 0 Å². The molecule has 0 unspecified atom stereocenters. The molecule has 0 spiro atoms. The molecule has 3 rings (SSSR count). The lowest BCUT2D eigenvalue weighted by molar-refractivity contribution is 0.306. The second-order valence-corrected chi connectivity index (χ2v) is 7.28. The van der Waals surface area contributed by atoms with Gasteiger partial charge in [0, 0.05) is 32.4 Å². The van der Waals surface area contributed by atoms with E-state index < -0.39 is 0 Å². The minimum atomic E-state index is 0.553. The number of hydrogen-bond acceptors (Lipinski definition) is 3. The van der Waals surface area contributed by atoms with Gasteiger partial charge in [-0.2, -0.15) is 5.10 Å². The maximum atomic E-state index is 5.84. The van der Waals surface area contributed by atoms with Crippen molar-refractivity contribution in [3.8, 4) is 5.75 Å². The average Bonchev–Trinajstić information content (AvgIpc) is 3.09. The number of benzene rings is 2. The molecule has 6 nitrogen and oxygen atoms in total. The highest BCUT2D eigenvalue weighted by Gasteiger charge is 2.03. The van der Waals surface area contributed by atoms with Crippen LogP contribution in [0.5, 0.6) is 5.75 Å². The molecule has 0 saturated heterocycles. The number of aryl methyl sites for hydroxylation is 3. The maximum absolute atomic E-state index is 5.84. The SMILES string of the molecule is CN=C(NCCCn1nc(C)cc1C)NCc1cccc(COc2ccccc2)c1. The van der Waals surface area contributed by atoms with Crippen molar-refractivity contribution in [1.29, 1.82) is 0 Å². The first-order valence-electron chi connectivity index (χ1n) is 10.4. The molecule has 0 aliphatic carbocycles. The van der Waals surface area contributed by atoms with Gasteiger partial charge in [-0.3, -0.25) is 9.67 Å². The maximum Gasteiger partial charge on any atom is 0.191 e. The van der Waals surface area contributed by atoms with Crippen LogP contribution >= 0.6 is 0 Å². The molecule has 2 aromatic carbocycles. The second kappa shape index (κ2) is 11.0. The summed E-state index contributed by atoms with van der Waals surface area (Å²) in [6, 6.07) is 20.4.